The number of aryl methyl sites for hydroxylation is 1. The second kappa shape index (κ2) is 5.40. The largest absolute Gasteiger partial charge is 0.479 e. The van der Waals surface area contributed by atoms with Crippen LogP contribution in [0.5, 0.6) is 0 Å². The highest BCUT2D eigenvalue weighted by molar-refractivity contribution is 5.94. The minimum Gasteiger partial charge on any atom is -0.479 e. The highest BCUT2D eigenvalue weighted by Crippen LogP contribution is 2.32. The molecule has 5 nitrogen and oxygen atoms in total. The van der Waals surface area contributed by atoms with Gasteiger partial charge < -0.3 is 15.5 Å². The van der Waals surface area contributed by atoms with Crippen molar-refractivity contribution < 1.29 is 19.8 Å². The molecule has 1 amide bonds. The lowest BCUT2D eigenvalue weighted by atomic mass is 10.0. The Balaban J connectivity index is 2.03. The Bertz CT molecular complexity index is 512. The lowest BCUT2D eigenvalue weighted by molar-refractivity contribution is -0.146. The summed E-state index contributed by atoms with van der Waals surface area (Å²) in [5.41, 5.74) is 2.96. The third kappa shape index (κ3) is 2.93. The first-order valence-corrected chi connectivity index (χ1v) is 6.31. The van der Waals surface area contributed by atoms with Gasteiger partial charge >= 0.3 is 5.97 Å². The molecule has 5 heteroatoms. The quantitative estimate of drug-likeness (QED) is 0.753. The SMILES string of the molecule is CC1CCc2cc(C(=O)NCC(O)C(=O)O)ccc21. The van der Waals surface area contributed by atoms with Gasteiger partial charge in [0.1, 0.15) is 0 Å². The lowest BCUT2D eigenvalue weighted by Crippen LogP contribution is -2.36. The summed E-state index contributed by atoms with van der Waals surface area (Å²) in [6.45, 7) is 1.87. The fourth-order valence-corrected chi connectivity index (χ4v) is 2.35. The second-order valence-electron chi connectivity index (χ2n) is 4.92. The molecule has 0 spiro atoms. The summed E-state index contributed by atoms with van der Waals surface area (Å²) in [6.07, 6.45) is 0.492. The first kappa shape index (κ1) is 13.5. The van der Waals surface area contributed by atoms with Crippen molar-refractivity contribution >= 4 is 11.9 Å². The van der Waals surface area contributed by atoms with Crippen LogP contribution in [0.15, 0.2) is 18.2 Å². The number of aliphatic hydroxyl groups is 1. The molecule has 0 bridgehead atoms. The minimum atomic E-state index is -1.57. The van der Waals surface area contributed by atoms with E-state index in [-0.39, 0.29) is 12.5 Å². The molecule has 2 atom stereocenters. The van der Waals surface area contributed by atoms with E-state index in [0.29, 0.717) is 11.5 Å². The molecule has 102 valence electrons. The number of hydrogen-bond acceptors (Lipinski definition) is 3. The molecule has 2 rings (SSSR count). The molecule has 3 N–H and O–H groups in total. The number of nitrogens with one attached hydrogen (secondary N) is 1. The molecule has 0 fully saturated rings. The Morgan fingerprint density at radius 2 is 2.21 bits per heavy atom. The third-order valence-corrected chi connectivity index (χ3v) is 3.52. The molecule has 0 aromatic heterocycles. The number of carboxylic acids is 1. The van der Waals surface area contributed by atoms with E-state index in [0.717, 1.165) is 12.8 Å². The van der Waals surface area contributed by atoms with E-state index < -0.39 is 12.1 Å². The molecule has 1 aliphatic carbocycles. The van der Waals surface area contributed by atoms with Crippen LogP contribution < -0.4 is 5.32 Å². The Morgan fingerprint density at radius 3 is 2.89 bits per heavy atom. The predicted molar refractivity (Wildman–Crippen MR) is 69.2 cm³/mol. The number of rotatable bonds is 4. The number of carbonyl (C=O) groups is 2. The van der Waals surface area contributed by atoms with Gasteiger partial charge in [-0.25, -0.2) is 4.79 Å². The summed E-state index contributed by atoms with van der Waals surface area (Å²) in [6, 6.07) is 5.54. The Labute approximate surface area is 111 Å². The highest BCUT2D eigenvalue weighted by atomic mass is 16.4. The zero-order valence-corrected chi connectivity index (χ0v) is 10.7. The summed E-state index contributed by atoms with van der Waals surface area (Å²) >= 11 is 0. The number of benzene rings is 1. The standard InChI is InChI=1S/C14H17NO4/c1-8-2-3-9-6-10(4-5-11(8)9)13(17)15-7-12(16)14(18)19/h4-6,8,12,16H,2-3,7H2,1H3,(H,15,17)(H,18,19). The van der Waals surface area contributed by atoms with Crippen molar-refractivity contribution in [1.82, 2.24) is 5.32 Å². The zero-order chi connectivity index (χ0) is 14.0. The summed E-state index contributed by atoms with van der Waals surface area (Å²) < 4.78 is 0. The Hall–Kier alpha value is -1.88. The van der Waals surface area contributed by atoms with E-state index in [1.807, 2.05) is 12.1 Å². The smallest absolute Gasteiger partial charge is 0.334 e. The minimum absolute atomic E-state index is 0.290. The number of aliphatic carboxylic acids is 1. The van der Waals surface area contributed by atoms with Gasteiger partial charge in [-0.2, -0.15) is 0 Å². The molecule has 1 aromatic carbocycles. The van der Waals surface area contributed by atoms with Crippen LogP contribution in [0, 0.1) is 0 Å². The van der Waals surface area contributed by atoms with Crippen molar-refractivity contribution in [1.29, 1.82) is 0 Å². The van der Waals surface area contributed by atoms with Crippen LogP contribution in [-0.4, -0.2) is 34.7 Å². The van der Waals surface area contributed by atoms with Crippen molar-refractivity contribution in [2.75, 3.05) is 6.54 Å². The fraction of sp³-hybridized carbons (Fsp3) is 0.429. The van der Waals surface area contributed by atoms with Crippen LogP contribution in [0.2, 0.25) is 0 Å². The maximum absolute atomic E-state index is 11.8. The van der Waals surface area contributed by atoms with Crippen LogP contribution in [-0.2, 0) is 11.2 Å². The number of fused-ring (bicyclic) bond motifs is 1. The Morgan fingerprint density at radius 1 is 1.47 bits per heavy atom. The normalized spacial score (nSPS) is 18.7. The topological polar surface area (TPSA) is 86.6 Å². The van der Waals surface area contributed by atoms with Gasteiger partial charge in [-0.1, -0.05) is 13.0 Å². The summed E-state index contributed by atoms with van der Waals surface area (Å²) in [5, 5.41) is 20.0. The van der Waals surface area contributed by atoms with Crippen molar-refractivity contribution in [2.24, 2.45) is 0 Å². The zero-order valence-electron chi connectivity index (χ0n) is 10.7. The molecule has 0 heterocycles. The molecular weight excluding hydrogens is 246 g/mol. The monoisotopic (exact) mass is 263 g/mol. The first-order chi connectivity index (χ1) is 8.99. The molecule has 0 aliphatic heterocycles. The summed E-state index contributed by atoms with van der Waals surface area (Å²) in [5.74, 6) is -1.17. The van der Waals surface area contributed by atoms with E-state index in [4.69, 9.17) is 10.2 Å². The van der Waals surface area contributed by atoms with Crippen LogP contribution in [0.3, 0.4) is 0 Å². The van der Waals surface area contributed by atoms with Crippen molar-refractivity contribution in [3.05, 3.63) is 34.9 Å². The van der Waals surface area contributed by atoms with Gasteiger partial charge in [-0.05, 0) is 42.0 Å². The lowest BCUT2D eigenvalue weighted by Gasteiger charge is -2.09. The van der Waals surface area contributed by atoms with Crippen LogP contribution in [0.4, 0.5) is 0 Å². The molecule has 2 unspecified atom stereocenters. The number of carboxylic acid groups (broad SMARTS) is 1. The number of amides is 1. The maximum atomic E-state index is 11.8. The van der Waals surface area contributed by atoms with Crippen LogP contribution in [0.25, 0.3) is 0 Å². The van der Waals surface area contributed by atoms with E-state index >= 15 is 0 Å². The third-order valence-electron chi connectivity index (χ3n) is 3.52. The Kier molecular flexibility index (Phi) is 3.85. The summed E-state index contributed by atoms with van der Waals surface area (Å²) in [4.78, 5) is 22.3. The van der Waals surface area contributed by atoms with Gasteiger partial charge in [0, 0.05) is 5.56 Å². The van der Waals surface area contributed by atoms with E-state index in [9.17, 15) is 9.59 Å². The van der Waals surface area contributed by atoms with E-state index in [2.05, 4.69) is 12.2 Å². The van der Waals surface area contributed by atoms with Crippen molar-refractivity contribution in [2.45, 2.75) is 31.8 Å². The van der Waals surface area contributed by atoms with Gasteiger partial charge in [0.15, 0.2) is 6.10 Å². The highest BCUT2D eigenvalue weighted by Gasteiger charge is 2.20. The molecule has 0 saturated heterocycles. The number of aliphatic hydroxyl groups excluding tert-OH is 1. The number of carbonyl (C=O) groups excluding carboxylic acids is 1. The van der Waals surface area contributed by atoms with E-state index in [1.165, 1.54) is 11.1 Å². The van der Waals surface area contributed by atoms with Gasteiger partial charge in [0.25, 0.3) is 5.91 Å². The number of hydrogen-bond donors (Lipinski definition) is 3. The van der Waals surface area contributed by atoms with Gasteiger partial charge in [-0.3, -0.25) is 4.79 Å². The maximum Gasteiger partial charge on any atom is 0.334 e. The van der Waals surface area contributed by atoms with Crippen LogP contribution >= 0.6 is 0 Å². The van der Waals surface area contributed by atoms with Crippen LogP contribution in [0.1, 0.15) is 40.7 Å². The van der Waals surface area contributed by atoms with E-state index in [1.54, 1.807) is 6.07 Å². The second-order valence-corrected chi connectivity index (χ2v) is 4.92. The molecule has 1 aromatic rings. The molecular formula is C14H17NO4. The average molecular weight is 263 g/mol. The van der Waals surface area contributed by atoms with Crippen molar-refractivity contribution in [3.63, 3.8) is 0 Å². The molecule has 1 aliphatic rings. The fourth-order valence-electron chi connectivity index (χ4n) is 2.35. The van der Waals surface area contributed by atoms with Gasteiger partial charge in [0.05, 0.1) is 6.54 Å². The predicted octanol–water partition coefficient (Wildman–Crippen LogP) is 0.912. The van der Waals surface area contributed by atoms with Gasteiger partial charge in [0.2, 0.25) is 0 Å². The molecule has 0 radical (unpaired) electrons. The summed E-state index contributed by atoms with van der Waals surface area (Å²) in [7, 11) is 0. The molecule has 19 heavy (non-hydrogen) atoms. The van der Waals surface area contributed by atoms with Gasteiger partial charge in [-0.15, -0.1) is 0 Å². The molecule has 0 saturated carbocycles. The average Bonchev–Trinajstić information content (AvgIpc) is 2.76. The van der Waals surface area contributed by atoms with Crippen molar-refractivity contribution in [3.8, 4) is 0 Å². The first-order valence-electron chi connectivity index (χ1n) is 6.31.